The molecule has 5 nitrogen and oxygen atoms in total. The van der Waals surface area contributed by atoms with E-state index < -0.39 is 17.2 Å². The maximum absolute atomic E-state index is 12.7. The van der Waals surface area contributed by atoms with Gasteiger partial charge in [-0.1, -0.05) is 36.9 Å². The third-order valence-electron chi connectivity index (χ3n) is 5.99. The van der Waals surface area contributed by atoms with Crippen LogP contribution in [0.3, 0.4) is 0 Å². The highest BCUT2D eigenvalue weighted by atomic mass is 35.5. The molecule has 3 rings (SSSR count). The lowest BCUT2D eigenvalue weighted by molar-refractivity contribution is -0.161. The van der Waals surface area contributed by atoms with Crippen molar-refractivity contribution in [3.63, 3.8) is 0 Å². The van der Waals surface area contributed by atoms with Crippen molar-refractivity contribution < 1.29 is 14.3 Å². The zero-order valence-corrected chi connectivity index (χ0v) is 18.4. The van der Waals surface area contributed by atoms with E-state index in [4.69, 9.17) is 21.1 Å². The number of carbonyl (C=O) groups excluding carboxylic acids is 1. The molecule has 1 aromatic carbocycles. The van der Waals surface area contributed by atoms with Gasteiger partial charge in [-0.15, -0.1) is 0 Å². The van der Waals surface area contributed by atoms with Gasteiger partial charge in [-0.05, 0) is 59.6 Å². The summed E-state index contributed by atoms with van der Waals surface area (Å²) in [5.41, 5.74) is 0.638. The molecule has 1 heterocycles. The highest BCUT2D eigenvalue weighted by Gasteiger charge is 2.53. The average molecular weight is 409 g/mol. The van der Waals surface area contributed by atoms with Crippen LogP contribution in [-0.2, 0) is 19.9 Å². The zero-order valence-electron chi connectivity index (χ0n) is 17.7. The maximum atomic E-state index is 12.7. The normalized spacial score (nSPS) is 25.4. The third kappa shape index (κ3) is 4.17. The minimum Gasteiger partial charge on any atom is -0.459 e. The fourth-order valence-electron chi connectivity index (χ4n) is 4.59. The molecule has 6 heteroatoms. The van der Waals surface area contributed by atoms with Crippen LogP contribution in [0.1, 0.15) is 72.3 Å². The lowest BCUT2D eigenvalue weighted by atomic mass is 9.66. The summed E-state index contributed by atoms with van der Waals surface area (Å²) in [6.07, 6.45) is 5.29. The molecule has 0 saturated heterocycles. The van der Waals surface area contributed by atoms with Crippen molar-refractivity contribution in [2.24, 2.45) is 0 Å². The van der Waals surface area contributed by atoms with E-state index in [1.807, 2.05) is 45.9 Å². The summed E-state index contributed by atoms with van der Waals surface area (Å²) in [5, 5.41) is 7.65. The predicted molar refractivity (Wildman–Crippen MR) is 113 cm³/mol. The van der Waals surface area contributed by atoms with Crippen LogP contribution in [0.15, 0.2) is 18.2 Å². The van der Waals surface area contributed by atoms with Gasteiger partial charge in [0.05, 0.1) is 5.54 Å². The van der Waals surface area contributed by atoms with Crippen LogP contribution in [0, 0.1) is 0 Å². The van der Waals surface area contributed by atoms with E-state index in [1.54, 1.807) is 0 Å². The van der Waals surface area contributed by atoms with Gasteiger partial charge in [0, 0.05) is 16.3 Å². The quantitative estimate of drug-likeness (QED) is 0.688. The summed E-state index contributed by atoms with van der Waals surface area (Å²) in [7, 11) is 0. The van der Waals surface area contributed by atoms with Crippen molar-refractivity contribution >= 4 is 23.3 Å². The first-order chi connectivity index (χ1) is 13.1. The number of esters is 1. The van der Waals surface area contributed by atoms with Crippen LogP contribution in [0.5, 0.6) is 0 Å². The van der Waals surface area contributed by atoms with Crippen LogP contribution in [0.25, 0.3) is 0 Å². The number of nitrogens with one attached hydrogen (secondary N) is 2. The Morgan fingerprint density at radius 2 is 1.96 bits per heavy atom. The number of carbonyl (C=O) groups is 1. The Hall–Kier alpha value is -1.30. The van der Waals surface area contributed by atoms with Gasteiger partial charge in [-0.2, -0.15) is 0 Å². The Morgan fingerprint density at radius 3 is 2.61 bits per heavy atom. The molecule has 1 fully saturated rings. The number of benzene rings is 1. The molecular weight excluding hydrogens is 376 g/mol. The second-order valence-electron chi connectivity index (χ2n) is 9.23. The summed E-state index contributed by atoms with van der Waals surface area (Å²) in [4.78, 5) is 12.7. The zero-order chi connectivity index (χ0) is 20.6. The first-order valence-electron chi connectivity index (χ1n) is 10.2. The Balaban J connectivity index is 1.95. The topological polar surface area (TPSA) is 59.6 Å². The summed E-state index contributed by atoms with van der Waals surface area (Å²) in [5.74, 6) is -0.230. The minimum absolute atomic E-state index is 0.230. The standard InChI is InChI=1S/C22H33ClN2O3/c1-15(19(26)28-20(2,3)4)25-22(11-7-6-8-12-22)21(5)17-10-9-16(23)13-18(17)24-14-27-21/h9-10,13,15,24-25H,6-8,11-12,14H2,1-5H3/t15-,21?/m1/s1. The Labute approximate surface area is 173 Å². The number of ether oxygens (including phenoxy) is 2. The Kier molecular flexibility index (Phi) is 6.00. The molecule has 1 aromatic rings. The molecule has 0 bridgehead atoms. The van der Waals surface area contributed by atoms with E-state index in [2.05, 4.69) is 17.6 Å². The van der Waals surface area contributed by atoms with E-state index >= 15 is 0 Å². The van der Waals surface area contributed by atoms with E-state index in [1.165, 1.54) is 6.42 Å². The second-order valence-corrected chi connectivity index (χ2v) is 9.67. The summed E-state index contributed by atoms with van der Waals surface area (Å²) in [6.45, 7) is 10.1. The molecular formula is C22H33ClN2O3. The van der Waals surface area contributed by atoms with Crippen LogP contribution >= 0.6 is 11.6 Å². The summed E-state index contributed by atoms with van der Waals surface area (Å²) >= 11 is 6.22. The lowest BCUT2D eigenvalue weighted by Gasteiger charge is -2.54. The maximum Gasteiger partial charge on any atom is 0.323 e. The highest BCUT2D eigenvalue weighted by molar-refractivity contribution is 6.30. The van der Waals surface area contributed by atoms with Crippen molar-refractivity contribution in [1.29, 1.82) is 0 Å². The van der Waals surface area contributed by atoms with E-state index in [-0.39, 0.29) is 11.5 Å². The molecule has 1 aliphatic carbocycles. The van der Waals surface area contributed by atoms with E-state index in [9.17, 15) is 4.79 Å². The van der Waals surface area contributed by atoms with E-state index in [0.717, 1.165) is 36.9 Å². The average Bonchev–Trinajstić information content (AvgIpc) is 2.61. The first kappa shape index (κ1) is 21.4. The van der Waals surface area contributed by atoms with Gasteiger partial charge in [-0.3, -0.25) is 10.1 Å². The molecule has 2 atom stereocenters. The Morgan fingerprint density at radius 1 is 1.29 bits per heavy atom. The molecule has 2 aliphatic rings. The molecule has 1 unspecified atom stereocenters. The van der Waals surface area contributed by atoms with Crippen molar-refractivity contribution in [3.8, 4) is 0 Å². The molecule has 0 aromatic heterocycles. The molecule has 0 amide bonds. The molecule has 2 N–H and O–H groups in total. The van der Waals surface area contributed by atoms with Crippen LogP contribution in [0.4, 0.5) is 5.69 Å². The number of fused-ring (bicyclic) bond motifs is 1. The number of halogens is 1. The van der Waals surface area contributed by atoms with Crippen molar-refractivity contribution in [2.45, 2.75) is 89.5 Å². The van der Waals surface area contributed by atoms with Crippen molar-refractivity contribution in [1.82, 2.24) is 5.32 Å². The van der Waals surface area contributed by atoms with Gasteiger partial charge in [0.2, 0.25) is 0 Å². The largest absolute Gasteiger partial charge is 0.459 e. The molecule has 1 aliphatic heterocycles. The molecule has 1 saturated carbocycles. The monoisotopic (exact) mass is 408 g/mol. The Bertz CT molecular complexity index is 725. The van der Waals surface area contributed by atoms with Gasteiger partial charge < -0.3 is 14.8 Å². The van der Waals surface area contributed by atoms with Crippen LogP contribution in [0.2, 0.25) is 5.02 Å². The lowest BCUT2D eigenvalue weighted by Crippen LogP contribution is -2.66. The molecule has 0 radical (unpaired) electrons. The van der Waals surface area contributed by atoms with Crippen LogP contribution in [-0.4, -0.2) is 29.9 Å². The second kappa shape index (κ2) is 7.85. The van der Waals surface area contributed by atoms with Crippen molar-refractivity contribution in [2.75, 3.05) is 12.0 Å². The van der Waals surface area contributed by atoms with Gasteiger partial charge in [-0.25, -0.2) is 0 Å². The number of rotatable bonds is 4. The number of hydrogen-bond donors (Lipinski definition) is 2. The summed E-state index contributed by atoms with van der Waals surface area (Å²) < 4.78 is 12.0. The summed E-state index contributed by atoms with van der Waals surface area (Å²) in [6, 6.07) is 5.47. The molecule has 0 spiro atoms. The fraction of sp³-hybridized carbons (Fsp3) is 0.682. The smallest absolute Gasteiger partial charge is 0.323 e. The molecule has 156 valence electrons. The SMILES string of the molecule is C[C@@H](NC1(C2(C)OCNc3cc(Cl)ccc32)CCCCC1)C(=O)OC(C)(C)C. The van der Waals surface area contributed by atoms with E-state index in [0.29, 0.717) is 11.8 Å². The van der Waals surface area contributed by atoms with Crippen molar-refractivity contribution in [3.05, 3.63) is 28.8 Å². The number of hydrogen-bond acceptors (Lipinski definition) is 5. The van der Waals surface area contributed by atoms with Gasteiger partial charge >= 0.3 is 5.97 Å². The molecule has 28 heavy (non-hydrogen) atoms. The van der Waals surface area contributed by atoms with Crippen LogP contribution < -0.4 is 10.6 Å². The first-order valence-corrected chi connectivity index (χ1v) is 10.6. The fourth-order valence-corrected chi connectivity index (χ4v) is 4.76. The predicted octanol–water partition coefficient (Wildman–Crippen LogP) is 4.98. The number of anilines is 1. The minimum atomic E-state index is -0.575. The third-order valence-corrected chi connectivity index (χ3v) is 6.23. The van der Waals surface area contributed by atoms with Gasteiger partial charge in [0.15, 0.2) is 0 Å². The highest BCUT2D eigenvalue weighted by Crippen LogP contribution is 2.49. The van der Waals surface area contributed by atoms with Gasteiger partial charge in [0.1, 0.15) is 24.0 Å². The van der Waals surface area contributed by atoms with Gasteiger partial charge in [0.25, 0.3) is 0 Å².